The molecule has 1 heterocycles. The number of methoxy groups -OCH3 is 1. The second kappa shape index (κ2) is 9.92. The third-order valence-electron chi connectivity index (χ3n) is 5.46. The molecule has 31 heavy (non-hydrogen) atoms. The highest BCUT2D eigenvalue weighted by molar-refractivity contribution is 5.94. The van der Waals surface area contributed by atoms with Crippen molar-refractivity contribution in [2.45, 2.75) is 19.8 Å². The van der Waals surface area contributed by atoms with Crippen molar-refractivity contribution in [2.24, 2.45) is 5.92 Å². The second-order valence-corrected chi connectivity index (χ2v) is 7.53. The molecule has 0 radical (unpaired) electrons. The van der Waals surface area contributed by atoms with Gasteiger partial charge in [0.05, 0.1) is 17.7 Å². The summed E-state index contributed by atoms with van der Waals surface area (Å²) in [6.45, 7) is 3.30. The Balaban J connectivity index is 1.47. The number of hydrogen-bond donors (Lipinski definition) is 2. The van der Waals surface area contributed by atoms with Crippen LogP contribution in [0.5, 0.6) is 5.75 Å². The van der Waals surface area contributed by atoms with Gasteiger partial charge in [-0.2, -0.15) is 0 Å². The fourth-order valence-electron chi connectivity index (χ4n) is 3.62. The van der Waals surface area contributed by atoms with Gasteiger partial charge in [0.2, 0.25) is 0 Å². The Morgan fingerprint density at radius 1 is 1.19 bits per heavy atom. The van der Waals surface area contributed by atoms with Gasteiger partial charge in [-0.1, -0.05) is 12.1 Å². The largest absolute Gasteiger partial charge is 0.495 e. The topological polar surface area (TPSA) is 114 Å². The maximum absolute atomic E-state index is 12.5. The number of nitro groups is 1. The summed E-state index contributed by atoms with van der Waals surface area (Å²) in [4.78, 5) is 37.1. The number of nitrogens with one attached hydrogen (secondary N) is 2. The van der Waals surface area contributed by atoms with Gasteiger partial charge in [-0.25, -0.2) is 4.79 Å². The van der Waals surface area contributed by atoms with E-state index in [4.69, 9.17) is 4.74 Å². The lowest BCUT2D eigenvalue weighted by Crippen LogP contribution is -2.43. The number of benzene rings is 2. The molecule has 0 bridgehead atoms. The first kappa shape index (κ1) is 22.1. The summed E-state index contributed by atoms with van der Waals surface area (Å²) in [5, 5.41) is 16.7. The van der Waals surface area contributed by atoms with E-state index in [9.17, 15) is 19.7 Å². The fraction of sp³-hybridized carbons (Fsp3) is 0.364. The molecule has 0 spiro atoms. The number of nitro benzene ring substituents is 1. The Labute approximate surface area is 180 Å². The highest BCUT2D eigenvalue weighted by Gasteiger charge is 2.24. The zero-order valence-corrected chi connectivity index (χ0v) is 17.6. The van der Waals surface area contributed by atoms with E-state index in [1.807, 2.05) is 12.1 Å². The maximum atomic E-state index is 12.5. The van der Waals surface area contributed by atoms with E-state index in [2.05, 4.69) is 10.6 Å². The molecule has 9 heteroatoms. The lowest BCUT2D eigenvalue weighted by molar-refractivity contribution is -0.385. The zero-order chi connectivity index (χ0) is 22.4. The number of carbonyl (C=O) groups is 2. The van der Waals surface area contributed by atoms with Gasteiger partial charge in [0, 0.05) is 36.8 Å². The van der Waals surface area contributed by atoms with E-state index in [0.717, 1.165) is 12.8 Å². The molecule has 1 saturated heterocycles. The summed E-state index contributed by atoms with van der Waals surface area (Å²) in [5.74, 6) is 0.614. The monoisotopic (exact) mass is 426 g/mol. The number of carbonyl (C=O) groups excluding carboxylic acids is 2. The Morgan fingerprint density at radius 2 is 1.90 bits per heavy atom. The van der Waals surface area contributed by atoms with Crippen LogP contribution in [0, 0.1) is 23.0 Å². The molecular formula is C22H26N4O5. The predicted molar refractivity (Wildman–Crippen MR) is 116 cm³/mol. The highest BCUT2D eigenvalue weighted by atomic mass is 16.6. The minimum Gasteiger partial charge on any atom is -0.495 e. The molecule has 1 aliphatic rings. The van der Waals surface area contributed by atoms with Crippen LogP contribution in [0.1, 0.15) is 28.8 Å². The first-order chi connectivity index (χ1) is 14.9. The summed E-state index contributed by atoms with van der Waals surface area (Å²) in [7, 11) is 1.56. The first-order valence-corrected chi connectivity index (χ1v) is 10.1. The fourth-order valence-corrected chi connectivity index (χ4v) is 3.62. The van der Waals surface area contributed by atoms with Crippen LogP contribution in [0.4, 0.5) is 16.2 Å². The third-order valence-corrected chi connectivity index (χ3v) is 5.46. The molecule has 3 rings (SSSR count). The summed E-state index contributed by atoms with van der Waals surface area (Å²) >= 11 is 0. The van der Waals surface area contributed by atoms with E-state index in [0.29, 0.717) is 42.2 Å². The lowest BCUT2D eigenvalue weighted by Gasteiger charge is -2.32. The van der Waals surface area contributed by atoms with Crippen molar-refractivity contribution in [2.75, 3.05) is 32.1 Å². The molecule has 0 saturated carbocycles. The number of anilines is 1. The molecule has 0 atom stereocenters. The number of rotatable bonds is 6. The van der Waals surface area contributed by atoms with Gasteiger partial charge in [-0.05, 0) is 49.9 Å². The number of nitrogens with zero attached hydrogens (tertiary/aromatic N) is 2. The molecule has 9 nitrogen and oxygen atoms in total. The van der Waals surface area contributed by atoms with Crippen LogP contribution in [-0.4, -0.2) is 48.5 Å². The second-order valence-electron chi connectivity index (χ2n) is 7.53. The Kier molecular flexibility index (Phi) is 7.07. The molecule has 164 valence electrons. The van der Waals surface area contributed by atoms with Gasteiger partial charge in [0.1, 0.15) is 5.75 Å². The van der Waals surface area contributed by atoms with Crippen molar-refractivity contribution in [3.63, 3.8) is 0 Å². The van der Waals surface area contributed by atoms with E-state index < -0.39 is 4.92 Å². The van der Waals surface area contributed by atoms with Gasteiger partial charge in [0.25, 0.3) is 11.6 Å². The van der Waals surface area contributed by atoms with Crippen LogP contribution < -0.4 is 15.4 Å². The summed E-state index contributed by atoms with van der Waals surface area (Å²) < 4.78 is 5.26. The van der Waals surface area contributed by atoms with E-state index in [1.165, 1.54) is 18.2 Å². The van der Waals surface area contributed by atoms with Crippen LogP contribution in [-0.2, 0) is 0 Å². The highest BCUT2D eigenvalue weighted by Crippen LogP contribution is 2.24. The van der Waals surface area contributed by atoms with Crippen LogP contribution in [0.3, 0.4) is 0 Å². The molecule has 2 aromatic carbocycles. The van der Waals surface area contributed by atoms with Gasteiger partial charge < -0.3 is 20.3 Å². The van der Waals surface area contributed by atoms with Crippen LogP contribution in [0.25, 0.3) is 0 Å². The SMILES string of the molecule is COc1ccccc1NC(=O)N1CCC(CNC(=O)c2ccc([N+](=O)[O-])c(C)c2)CC1. The molecule has 1 aliphatic heterocycles. The minimum atomic E-state index is -0.463. The number of aryl methyl sites for hydroxylation is 1. The molecule has 2 aromatic rings. The predicted octanol–water partition coefficient (Wildman–Crippen LogP) is 3.59. The van der Waals surface area contributed by atoms with Crippen LogP contribution in [0.2, 0.25) is 0 Å². The van der Waals surface area contributed by atoms with E-state index in [1.54, 1.807) is 31.1 Å². The first-order valence-electron chi connectivity index (χ1n) is 10.1. The van der Waals surface area contributed by atoms with Crippen molar-refractivity contribution in [3.8, 4) is 5.75 Å². The Bertz CT molecular complexity index is 970. The average Bonchev–Trinajstić information content (AvgIpc) is 2.77. The van der Waals surface area contributed by atoms with Crippen molar-refractivity contribution in [3.05, 3.63) is 63.7 Å². The molecule has 0 unspecified atom stereocenters. The van der Waals surface area contributed by atoms with Gasteiger partial charge in [-0.3, -0.25) is 14.9 Å². The summed E-state index contributed by atoms with van der Waals surface area (Å²) in [6.07, 6.45) is 1.55. The maximum Gasteiger partial charge on any atom is 0.321 e. The van der Waals surface area contributed by atoms with Gasteiger partial charge >= 0.3 is 6.03 Å². The molecule has 0 aliphatic carbocycles. The van der Waals surface area contributed by atoms with Crippen molar-refractivity contribution in [1.82, 2.24) is 10.2 Å². The number of piperidine rings is 1. The van der Waals surface area contributed by atoms with Gasteiger partial charge in [-0.15, -0.1) is 0 Å². The number of para-hydroxylation sites is 2. The van der Waals surface area contributed by atoms with Crippen molar-refractivity contribution < 1.29 is 19.2 Å². The smallest absolute Gasteiger partial charge is 0.321 e. The molecule has 1 fully saturated rings. The van der Waals surface area contributed by atoms with Crippen LogP contribution >= 0.6 is 0 Å². The summed E-state index contributed by atoms with van der Waals surface area (Å²) in [5.41, 5.74) is 1.47. The van der Waals surface area contributed by atoms with E-state index >= 15 is 0 Å². The molecule has 3 amide bonds. The van der Waals surface area contributed by atoms with Gasteiger partial charge in [0.15, 0.2) is 0 Å². The standard InChI is InChI=1S/C22H26N4O5/c1-15-13-17(7-8-19(15)26(29)30)21(27)23-14-16-9-11-25(12-10-16)22(28)24-18-5-3-4-6-20(18)31-2/h3-8,13,16H,9-12,14H2,1-2H3,(H,23,27)(H,24,28). The molecule has 2 N–H and O–H groups in total. The van der Waals surface area contributed by atoms with E-state index in [-0.39, 0.29) is 23.5 Å². The zero-order valence-electron chi connectivity index (χ0n) is 17.6. The average molecular weight is 426 g/mol. The summed E-state index contributed by atoms with van der Waals surface area (Å²) in [6, 6.07) is 11.4. The number of ether oxygens (including phenoxy) is 1. The van der Waals surface area contributed by atoms with Crippen LogP contribution in [0.15, 0.2) is 42.5 Å². The molecule has 0 aromatic heterocycles. The van der Waals surface area contributed by atoms with Crippen molar-refractivity contribution >= 4 is 23.3 Å². The number of urea groups is 1. The Morgan fingerprint density at radius 3 is 2.55 bits per heavy atom. The third kappa shape index (κ3) is 5.50. The minimum absolute atomic E-state index is 0.00433. The lowest BCUT2D eigenvalue weighted by atomic mass is 9.97. The number of hydrogen-bond acceptors (Lipinski definition) is 5. The Hall–Kier alpha value is -3.62. The molecular weight excluding hydrogens is 400 g/mol. The number of amides is 3. The quantitative estimate of drug-likeness (QED) is 0.541. The normalized spacial score (nSPS) is 14.1. The van der Waals surface area contributed by atoms with Crippen molar-refractivity contribution in [1.29, 1.82) is 0 Å². The number of likely N-dealkylation sites (tertiary alicyclic amines) is 1.